The monoisotopic (exact) mass is 376 g/mol. The van der Waals surface area contributed by atoms with Gasteiger partial charge in [0.05, 0.1) is 31.0 Å². The molecule has 0 aromatic heterocycles. The summed E-state index contributed by atoms with van der Waals surface area (Å²) < 4.78 is 10.0. The van der Waals surface area contributed by atoms with Crippen LogP contribution < -0.4 is 15.4 Å². The van der Waals surface area contributed by atoms with Crippen molar-refractivity contribution in [3.8, 4) is 5.75 Å². The van der Waals surface area contributed by atoms with E-state index in [1.165, 1.54) is 14.2 Å². The molecule has 28 heavy (non-hydrogen) atoms. The molecule has 0 heterocycles. The summed E-state index contributed by atoms with van der Waals surface area (Å²) in [6, 6.07) is 21.3. The van der Waals surface area contributed by atoms with Gasteiger partial charge in [-0.05, 0) is 48.5 Å². The number of hydrogen-bond donors (Lipinski definition) is 2. The topological polar surface area (TPSA) is 76.7 Å². The van der Waals surface area contributed by atoms with Crippen LogP contribution in [0.3, 0.4) is 0 Å². The highest BCUT2D eigenvalue weighted by molar-refractivity contribution is 6.06. The predicted octanol–water partition coefficient (Wildman–Crippen LogP) is 4.48. The van der Waals surface area contributed by atoms with Gasteiger partial charge in [0.15, 0.2) is 0 Å². The maximum atomic E-state index is 12.5. The van der Waals surface area contributed by atoms with Crippen LogP contribution in [0, 0.1) is 0 Å². The highest BCUT2D eigenvalue weighted by atomic mass is 16.5. The van der Waals surface area contributed by atoms with Gasteiger partial charge in [-0.3, -0.25) is 4.79 Å². The van der Waals surface area contributed by atoms with Crippen LogP contribution in [0.25, 0.3) is 0 Å². The minimum Gasteiger partial charge on any atom is -0.496 e. The Kier molecular flexibility index (Phi) is 5.91. The molecule has 0 saturated carbocycles. The highest BCUT2D eigenvalue weighted by Crippen LogP contribution is 2.24. The largest absolute Gasteiger partial charge is 0.496 e. The SMILES string of the molecule is COC(=O)c1ccccc1Nc1ccc(NC(=O)c2ccccc2OC)cc1. The Balaban J connectivity index is 1.73. The Morgan fingerprint density at radius 2 is 1.36 bits per heavy atom. The number of carbonyl (C=O) groups excluding carboxylic acids is 2. The third-order valence-electron chi connectivity index (χ3n) is 4.11. The number of esters is 1. The van der Waals surface area contributed by atoms with Crippen molar-refractivity contribution >= 4 is 28.9 Å². The molecule has 0 fully saturated rings. The normalized spacial score (nSPS) is 10.1. The van der Waals surface area contributed by atoms with Crippen molar-refractivity contribution in [1.29, 1.82) is 0 Å². The number of benzene rings is 3. The van der Waals surface area contributed by atoms with E-state index >= 15 is 0 Å². The zero-order chi connectivity index (χ0) is 19.9. The average Bonchev–Trinajstić information content (AvgIpc) is 2.75. The molecule has 0 saturated heterocycles. The van der Waals surface area contributed by atoms with E-state index in [1.54, 1.807) is 48.5 Å². The number of amides is 1. The molecule has 0 spiro atoms. The lowest BCUT2D eigenvalue weighted by Crippen LogP contribution is -2.13. The Hall–Kier alpha value is -3.80. The van der Waals surface area contributed by atoms with Crippen molar-refractivity contribution in [2.45, 2.75) is 0 Å². The molecule has 0 aliphatic rings. The second kappa shape index (κ2) is 8.73. The van der Waals surface area contributed by atoms with Gasteiger partial charge in [0.2, 0.25) is 0 Å². The number of anilines is 3. The zero-order valence-electron chi connectivity index (χ0n) is 15.6. The van der Waals surface area contributed by atoms with E-state index in [4.69, 9.17) is 9.47 Å². The van der Waals surface area contributed by atoms with Crippen molar-refractivity contribution in [3.63, 3.8) is 0 Å². The van der Waals surface area contributed by atoms with Gasteiger partial charge in [0.1, 0.15) is 5.75 Å². The van der Waals surface area contributed by atoms with Crippen LogP contribution in [-0.2, 0) is 4.74 Å². The molecule has 0 bridgehead atoms. The van der Waals surface area contributed by atoms with Gasteiger partial charge in [-0.15, -0.1) is 0 Å². The first-order chi connectivity index (χ1) is 13.6. The van der Waals surface area contributed by atoms with E-state index in [0.717, 1.165) is 5.69 Å². The lowest BCUT2D eigenvalue weighted by Gasteiger charge is -2.12. The summed E-state index contributed by atoms with van der Waals surface area (Å²) in [6.45, 7) is 0. The van der Waals surface area contributed by atoms with Gasteiger partial charge in [-0.1, -0.05) is 24.3 Å². The Bertz CT molecular complexity index is 984. The first kappa shape index (κ1) is 19.0. The molecular formula is C22H20N2O4. The maximum Gasteiger partial charge on any atom is 0.339 e. The van der Waals surface area contributed by atoms with E-state index in [9.17, 15) is 9.59 Å². The third-order valence-corrected chi connectivity index (χ3v) is 4.11. The summed E-state index contributed by atoms with van der Waals surface area (Å²) in [5.74, 6) is -0.157. The molecule has 3 rings (SSSR count). The van der Waals surface area contributed by atoms with Crippen molar-refractivity contribution in [2.24, 2.45) is 0 Å². The minimum atomic E-state index is -0.413. The molecule has 3 aromatic carbocycles. The molecule has 142 valence electrons. The maximum absolute atomic E-state index is 12.5. The van der Waals surface area contributed by atoms with Crippen LogP contribution in [0.5, 0.6) is 5.75 Å². The fourth-order valence-corrected chi connectivity index (χ4v) is 2.70. The molecule has 0 atom stereocenters. The second-order valence-corrected chi connectivity index (χ2v) is 5.89. The molecule has 6 heteroatoms. The summed E-state index contributed by atoms with van der Waals surface area (Å²) in [4.78, 5) is 24.3. The van der Waals surface area contributed by atoms with E-state index in [-0.39, 0.29) is 5.91 Å². The Morgan fingerprint density at radius 1 is 0.750 bits per heavy atom. The van der Waals surface area contributed by atoms with Crippen molar-refractivity contribution in [2.75, 3.05) is 24.9 Å². The minimum absolute atomic E-state index is 0.255. The number of methoxy groups -OCH3 is 2. The van der Waals surface area contributed by atoms with Crippen LogP contribution in [-0.4, -0.2) is 26.1 Å². The molecule has 3 aromatic rings. The summed E-state index contributed by atoms with van der Waals surface area (Å²) in [6.07, 6.45) is 0. The number of para-hydroxylation sites is 2. The average molecular weight is 376 g/mol. The second-order valence-electron chi connectivity index (χ2n) is 5.89. The summed E-state index contributed by atoms with van der Waals surface area (Å²) in [5.41, 5.74) is 2.95. The van der Waals surface area contributed by atoms with Gasteiger partial charge in [0.25, 0.3) is 5.91 Å². The first-order valence-corrected chi connectivity index (χ1v) is 8.61. The smallest absolute Gasteiger partial charge is 0.339 e. The molecule has 0 aliphatic heterocycles. The number of nitrogens with one attached hydrogen (secondary N) is 2. The first-order valence-electron chi connectivity index (χ1n) is 8.61. The third kappa shape index (κ3) is 4.29. The molecule has 0 radical (unpaired) electrons. The fourth-order valence-electron chi connectivity index (χ4n) is 2.70. The molecule has 0 aliphatic carbocycles. The molecule has 2 N–H and O–H groups in total. The molecular weight excluding hydrogens is 356 g/mol. The van der Waals surface area contributed by atoms with Gasteiger partial charge < -0.3 is 20.1 Å². The number of hydrogen-bond acceptors (Lipinski definition) is 5. The molecule has 6 nitrogen and oxygen atoms in total. The quantitative estimate of drug-likeness (QED) is 0.621. The van der Waals surface area contributed by atoms with Gasteiger partial charge >= 0.3 is 5.97 Å². The van der Waals surface area contributed by atoms with Crippen molar-refractivity contribution in [3.05, 3.63) is 83.9 Å². The number of rotatable bonds is 6. The van der Waals surface area contributed by atoms with Gasteiger partial charge in [-0.2, -0.15) is 0 Å². The fraction of sp³-hybridized carbons (Fsp3) is 0.0909. The lowest BCUT2D eigenvalue weighted by molar-refractivity contribution is 0.0601. The Morgan fingerprint density at radius 3 is 2.04 bits per heavy atom. The lowest BCUT2D eigenvalue weighted by atomic mass is 10.1. The van der Waals surface area contributed by atoms with E-state index < -0.39 is 5.97 Å². The zero-order valence-corrected chi connectivity index (χ0v) is 15.6. The van der Waals surface area contributed by atoms with Gasteiger partial charge in [0, 0.05) is 11.4 Å². The summed E-state index contributed by atoms with van der Waals surface area (Å²) in [7, 11) is 2.87. The van der Waals surface area contributed by atoms with E-state index in [2.05, 4.69) is 10.6 Å². The van der Waals surface area contributed by atoms with Crippen molar-refractivity contribution in [1.82, 2.24) is 0 Å². The number of ether oxygens (including phenoxy) is 2. The summed E-state index contributed by atoms with van der Waals surface area (Å²) >= 11 is 0. The van der Waals surface area contributed by atoms with Crippen LogP contribution in [0.15, 0.2) is 72.8 Å². The Labute approximate surface area is 163 Å². The molecule has 1 amide bonds. The van der Waals surface area contributed by atoms with Crippen LogP contribution in [0.1, 0.15) is 20.7 Å². The highest BCUT2D eigenvalue weighted by Gasteiger charge is 2.13. The van der Waals surface area contributed by atoms with E-state index in [0.29, 0.717) is 28.3 Å². The molecule has 0 unspecified atom stereocenters. The van der Waals surface area contributed by atoms with Crippen molar-refractivity contribution < 1.29 is 19.1 Å². The van der Waals surface area contributed by atoms with Crippen LogP contribution in [0.2, 0.25) is 0 Å². The van der Waals surface area contributed by atoms with E-state index in [1.807, 2.05) is 24.3 Å². The van der Waals surface area contributed by atoms with Gasteiger partial charge in [-0.25, -0.2) is 4.79 Å². The summed E-state index contributed by atoms with van der Waals surface area (Å²) in [5, 5.41) is 6.03. The van der Waals surface area contributed by atoms with Crippen LogP contribution in [0.4, 0.5) is 17.1 Å². The van der Waals surface area contributed by atoms with Crippen LogP contribution >= 0.6 is 0 Å². The number of carbonyl (C=O) groups is 2. The predicted molar refractivity (Wildman–Crippen MR) is 108 cm³/mol. The standard InChI is InChI=1S/C22H20N2O4/c1-27-20-10-6-4-8-18(20)21(25)24-16-13-11-15(12-14-16)23-19-9-5-3-7-17(19)22(26)28-2/h3-14,23H,1-2H3,(H,24,25).